The van der Waals surface area contributed by atoms with E-state index in [0.29, 0.717) is 0 Å². The summed E-state index contributed by atoms with van der Waals surface area (Å²) >= 11 is 1.41. The SMILES string of the molecule is COC(=O)c1cc(C(=O)N(C)Cc2nc(C)cs2)cc(C(F)F)c1. The average molecular weight is 354 g/mol. The first-order chi connectivity index (χ1) is 11.3. The van der Waals surface area contributed by atoms with Crippen LogP contribution < -0.4 is 0 Å². The van der Waals surface area contributed by atoms with Gasteiger partial charge < -0.3 is 9.64 Å². The molecule has 2 rings (SSSR count). The van der Waals surface area contributed by atoms with Gasteiger partial charge in [0.05, 0.1) is 19.2 Å². The van der Waals surface area contributed by atoms with E-state index in [-0.39, 0.29) is 17.7 Å². The molecule has 0 radical (unpaired) electrons. The molecule has 0 spiro atoms. The highest BCUT2D eigenvalue weighted by atomic mass is 32.1. The first-order valence-corrected chi connectivity index (χ1v) is 7.87. The van der Waals surface area contributed by atoms with Crippen molar-refractivity contribution in [2.75, 3.05) is 14.2 Å². The maximum atomic E-state index is 13.0. The van der Waals surface area contributed by atoms with Crippen LogP contribution in [0.15, 0.2) is 23.6 Å². The number of benzene rings is 1. The van der Waals surface area contributed by atoms with Gasteiger partial charge in [-0.1, -0.05) is 0 Å². The van der Waals surface area contributed by atoms with Crippen molar-refractivity contribution in [3.8, 4) is 0 Å². The van der Waals surface area contributed by atoms with Crippen molar-refractivity contribution >= 4 is 23.2 Å². The number of methoxy groups -OCH3 is 1. The summed E-state index contributed by atoms with van der Waals surface area (Å²) in [7, 11) is 2.70. The Balaban J connectivity index is 2.29. The van der Waals surface area contributed by atoms with E-state index in [0.717, 1.165) is 29.9 Å². The minimum absolute atomic E-state index is 0.00368. The lowest BCUT2D eigenvalue weighted by molar-refractivity contribution is 0.0600. The quantitative estimate of drug-likeness (QED) is 0.772. The lowest BCUT2D eigenvalue weighted by Crippen LogP contribution is -2.26. The van der Waals surface area contributed by atoms with E-state index in [1.54, 1.807) is 7.05 Å². The third-order valence-electron chi connectivity index (χ3n) is 3.26. The van der Waals surface area contributed by atoms with E-state index in [9.17, 15) is 18.4 Å². The fourth-order valence-electron chi connectivity index (χ4n) is 2.11. The van der Waals surface area contributed by atoms with E-state index < -0.39 is 23.9 Å². The molecule has 8 heteroatoms. The molecule has 0 atom stereocenters. The summed E-state index contributed by atoms with van der Waals surface area (Å²) in [5, 5.41) is 2.60. The number of ether oxygens (including phenoxy) is 1. The number of carbonyl (C=O) groups excluding carboxylic acids is 2. The number of aromatic nitrogens is 1. The topological polar surface area (TPSA) is 59.5 Å². The van der Waals surface area contributed by atoms with E-state index >= 15 is 0 Å². The normalized spacial score (nSPS) is 10.8. The Morgan fingerprint density at radius 2 is 1.96 bits per heavy atom. The second kappa shape index (κ2) is 7.48. The summed E-state index contributed by atoms with van der Waals surface area (Å²) in [6.45, 7) is 2.10. The molecule has 0 N–H and O–H groups in total. The molecule has 1 aromatic carbocycles. The van der Waals surface area contributed by atoms with Crippen LogP contribution in [0.1, 0.15) is 43.4 Å². The molecule has 0 aliphatic carbocycles. The van der Waals surface area contributed by atoms with Crippen LogP contribution >= 0.6 is 11.3 Å². The number of hydrogen-bond acceptors (Lipinski definition) is 5. The molecule has 0 unspecified atom stereocenters. The second-order valence-electron chi connectivity index (χ2n) is 5.18. The van der Waals surface area contributed by atoms with Crippen molar-refractivity contribution in [1.29, 1.82) is 0 Å². The third-order valence-corrected chi connectivity index (χ3v) is 4.21. The van der Waals surface area contributed by atoms with Crippen LogP contribution in [0.2, 0.25) is 0 Å². The number of aryl methyl sites for hydroxylation is 1. The molecule has 1 aromatic heterocycles. The second-order valence-corrected chi connectivity index (χ2v) is 6.12. The predicted molar refractivity (Wildman–Crippen MR) is 85.4 cm³/mol. The first-order valence-electron chi connectivity index (χ1n) is 6.99. The van der Waals surface area contributed by atoms with Crippen molar-refractivity contribution in [2.45, 2.75) is 19.9 Å². The zero-order valence-electron chi connectivity index (χ0n) is 13.4. The van der Waals surface area contributed by atoms with Crippen LogP contribution in [0.3, 0.4) is 0 Å². The van der Waals surface area contributed by atoms with E-state index in [1.807, 2.05) is 12.3 Å². The minimum atomic E-state index is -2.80. The summed E-state index contributed by atoms with van der Waals surface area (Å²) in [6, 6.07) is 3.37. The fourth-order valence-corrected chi connectivity index (χ4v) is 2.93. The Labute approximate surface area is 141 Å². The van der Waals surface area contributed by atoms with Gasteiger partial charge in [0, 0.05) is 29.2 Å². The number of carbonyl (C=O) groups is 2. The third kappa shape index (κ3) is 4.14. The summed E-state index contributed by atoms with van der Waals surface area (Å²) in [5.74, 6) is -1.25. The highest BCUT2D eigenvalue weighted by Gasteiger charge is 2.20. The Morgan fingerprint density at radius 1 is 1.29 bits per heavy atom. The van der Waals surface area contributed by atoms with Gasteiger partial charge in [0.2, 0.25) is 0 Å². The van der Waals surface area contributed by atoms with Crippen molar-refractivity contribution in [3.05, 3.63) is 51.0 Å². The molecule has 0 saturated carbocycles. The molecule has 0 saturated heterocycles. The minimum Gasteiger partial charge on any atom is -0.465 e. The number of hydrogen-bond donors (Lipinski definition) is 0. The van der Waals surface area contributed by atoms with Crippen molar-refractivity contribution in [3.63, 3.8) is 0 Å². The average Bonchev–Trinajstić information content (AvgIpc) is 2.97. The zero-order valence-corrected chi connectivity index (χ0v) is 14.2. The maximum Gasteiger partial charge on any atom is 0.337 e. The Hall–Kier alpha value is -2.35. The number of amides is 1. The van der Waals surface area contributed by atoms with Crippen LogP contribution in [0.25, 0.3) is 0 Å². The highest BCUT2D eigenvalue weighted by molar-refractivity contribution is 7.09. The van der Waals surface area contributed by atoms with Crippen LogP contribution in [-0.4, -0.2) is 35.9 Å². The molecule has 128 valence electrons. The number of nitrogens with zero attached hydrogens (tertiary/aromatic N) is 2. The summed E-state index contributed by atoms with van der Waals surface area (Å²) in [4.78, 5) is 29.8. The van der Waals surface area contributed by atoms with Gasteiger partial charge in [0.1, 0.15) is 5.01 Å². The number of thiazole rings is 1. The van der Waals surface area contributed by atoms with E-state index in [1.165, 1.54) is 22.3 Å². The predicted octanol–water partition coefficient (Wildman–Crippen LogP) is 3.45. The summed E-state index contributed by atoms with van der Waals surface area (Å²) < 4.78 is 30.6. The molecule has 0 aliphatic heterocycles. The lowest BCUT2D eigenvalue weighted by Gasteiger charge is -2.17. The molecule has 0 bridgehead atoms. The Kier molecular flexibility index (Phi) is 5.61. The van der Waals surface area contributed by atoms with Crippen LogP contribution in [0.4, 0.5) is 8.78 Å². The van der Waals surface area contributed by atoms with Crippen molar-refractivity contribution in [1.82, 2.24) is 9.88 Å². The Bertz CT molecular complexity index is 762. The van der Waals surface area contributed by atoms with E-state index in [2.05, 4.69) is 9.72 Å². The van der Waals surface area contributed by atoms with Gasteiger partial charge in [-0.3, -0.25) is 4.79 Å². The van der Waals surface area contributed by atoms with Gasteiger partial charge in [-0.15, -0.1) is 11.3 Å². The molecule has 0 fully saturated rings. The molecule has 1 amide bonds. The van der Waals surface area contributed by atoms with Crippen molar-refractivity contribution in [2.24, 2.45) is 0 Å². The molecule has 1 heterocycles. The smallest absolute Gasteiger partial charge is 0.337 e. The lowest BCUT2D eigenvalue weighted by atomic mass is 10.0. The number of esters is 1. The monoisotopic (exact) mass is 354 g/mol. The fraction of sp³-hybridized carbons (Fsp3) is 0.312. The van der Waals surface area contributed by atoms with Crippen LogP contribution in [-0.2, 0) is 11.3 Å². The standard InChI is InChI=1S/C16H16F2N2O3S/c1-9-8-24-13(19-9)7-20(2)15(21)11-4-10(14(17)18)5-12(6-11)16(22)23-3/h4-6,8,14H,7H2,1-3H3. The summed E-state index contributed by atoms with van der Waals surface area (Å²) in [6.07, 6.45) is -2.80. The molecule has 24 heavy (non-hydrogen) atoms. The van der Waals surface area contributed by atoms with Gasteiger partial charge in [-0.2, -0.15) is 0 Å². The summed E-state index contributed by atoms with van der Waals surface area (Å²) in [5.41, 5.74) is 0.365. The number of rotatable bonds is 5. The molecule has 5 nitrogen and oxygen atoms in total. The Morgan fingerprint density at radius 3 is 2.50 bits per heavy atom. The maximum absolute atomic E-state index is 13.0. The number of halogens is 2. The molecular formula is C16H16F2N2O3S. The molecule has 2 aromatic rings. The van der Waals surface area contributed by atoms with Gasteiger partial charge in [0.25, 0.3) is 12.3 Å². The number of alkyl halides is 2. The van der Waals surface area contributed by atoms with Gasteiger partial charge in [-0.05, 0) is 25.1 Å². The highest BCUT2D eigenvalue weighted by Crippen LogP contribution is 2.23. The largest absolute Gasteiger partial charge is 0.465 e. The van der Waals surface area contributed by atoms with Gasteiger partial charge in [0.15, 0.2) is 0 Å². The van der Waals surface area contributed by atoms with Gasteiger partial charge >= 0.3 is 5.97 Å². The van der Waals surface area contributed by atoms with Crippen molar-refractivity contribution < 1.29 is 23.1 Å². The zero-order chi connectivity index (χ0) is 17.9. The first kappa shape index (κ1) is 18.0. The molecular weight excluding hydrogens is 338 g/mol. The van der Waals surface area contributed by atoms with Crippen LogP contribution in [0, 0.1) is 6.92 Å². The van der Waals surface area contributed by atoms with E-state index in [4.69, 9.17) is 0 Å². The molecule has 0 aliphatic rings. The van der Waals surface area contributed by atoms with Gasteiger partial charge in [-0.25, -0.2) is 18.6 Å². The van der Waals surface area contributed by atoms with Crippen LogP contribution in [0.5, 0.6) is 0 Å².